The monoisotopic (exact) mass is 453 g/mol. The summed E-state index contributed by atoms with van der Waals surface area (Å²) in [7, 11) is 0. The van der Waals surface area contributed by atoms with Crippen molar-refractivity contribution >= 4 is 23.3 Å². The van der Waals surface area contributed by atoms with E-state index in [1.54, 1.807) is 48.5 Å². The van der Waals surface area contributed by atoms with Crippen LogP contribution in [0.4, 0.5) is 5.69 Å². The molecule has 0 unspecified atom stereocenters. The van der Waals surface area contributed by atoms with Crippen molar-refractivity contribution in [3.05, 3.63) is 66.2 Å². The Morgan fingerprint density at radius 1 is 0.882 bits per heavy atom. The Morgan fingerprint density at radius 2 is 1.44 bits per heavy atom. The van der Waals surface area contributed by atoms with Gasteiger partial charge in [-0.05, 0) is 78.6 Å². The van der Waals surface area contributed by atoms with E-state index in [1.807, 2.05) is 0 Å². The molecule has 6 atom stereocenters. The minimum absolute atomic E-state index is 0.0850. The second-order valence-corrected chi connectivity index (χ2v) is 9.39. The van der Waals surface area contributed by atoms with Crippen molar-refractivity contribution in [3.8, 4) is 23.8 Å². The van der Waals surface area contributed by atoms with Crippen molar-refractivity contribution in [2.45, 2.75) is 6.42 Å². The van der Waals surface area contributed by atoms with Crippen LogP contribution in [0, 0.1) is 47.9 Å². The normalized spacial score (nSPS) is 29.9. The zero-order valence-corrected chi connectivity index (χ0v) is 18.4. The van der Waals surface area contributed by atoms with Gasteiger partial charge in [-0.15, -0.1) is 6.42 Å². The third-order valence-electron chi connectivity index (χ3n) is 7.63. The summed E-state index contributed by atoms with van der Waals surface area (Å²) < 4.78 is 10.9. The molecule has 0 spiro atoms. The number of anilines is 1. The fourth-order valence-corrected chi connectivity index (χ4v) is 6.00. The smallest absolute Gasteiger partial charge is 0.238 e. The fourth-order valence-electron chi connectivity index (χ4n) is 6.00. The number of nitrogens with zero attached hydrogens (tertiary/aromatic N) is 1. The van der Waals surface area contributed by atoms with Gasteiger partial charge in [-0.25, -0.2) is 0 Å². The number of benzene rings is 2. The van der Waals surface area contributed by atoms with Gasteiger partial charge in [-0.3, -0.25) is 19.3 Å². The summed E-state index contributed by atoms with van der Waals surface area (Å²) >= 11 is 0. The van der Waals surface area contributed by atoms with Crippen LogP contribution in [0.2, 0.25) is 0 Å². The second kappa shape index (κ2) is 7.88. The maximum atomic E-state index is 13.2. The van der Waals surface area contributed by atoms with Gasteiger partial charge in [0.1, 0.15) is 18.1 Å². The molecule has 2 aromatic carbocycles. The molecule has 4 aliphatic carbocycles. The standard InChI is InChI=1S/C28H23NO5/c1-2-13-33-18-7-3-16(4-8-18)24(30)15-34-19-9-5-17(6-10-19)29-27(31)25-20-11-12-21(23-14-22(20)23)26(25)28(29)32/h1,3-12,20-23,25-26H,13-15H2/t20-,21+,22+,23-,25-,26+. The van der Waals surface area contributed by atoms with E-state index in [4.69, 9.17) is 15.9 Å². The molecule has 5 aliphatic rings. The summed E-state index contributed by atoms with van der Waals surface area (Å²) in [4.78, 5) is 40.2. The molecule has 2 aromatic rings. The van der Waals surface area contributed by atoms with Gasteiger partial charge >= 0.3 is 0 Å². The number of ether oxygens (including phenoxy) is 2. The highest BCUT2D eigenvalue weighted by Crippen LogP contribution is 2.65. The van der Waals surface area contributed by atoms with Gasteiger partial charge in [-0.1, -0.05) is 18.1 Å². The maximum absolute atomic E-state index is 13.2. The molecule has 170 valence electrons. The Hall–Kier alpha value is -3.85. The van der Waals surface area contributed by atoms with Crippen molar-refractivity contribution in [1.82, 2.24) is 0 Å². The molecule has 2 saturated carbocycles. The lowest BCUT2D eigenvalue weighted by atomic mass is 9.63. The van der Waals surface area contributed by atoms with E-state index < -0.39 is 0 Å². The number of carbonyl (C=O) groups excluding carboxylic acids is 3. The van der Waals surface area contributed by atoms with E-state index in [9.17, 15) is 14.4 Å². The Morgan fingerprint density at radius 3 is 2.03 bits per heavy atom. The van der Waals surface area contributed by atoms with Gasteiger partial charge in [0.25, 0.3) is 0 Å². The number of imide groups is 1. The van der Waals surface area contributed by atoms with E-state index in [0.29, 0.717) is 34.6 Å². The first-order valence-electron chi connectivity index (χ1n) is 11.6. The van der Waals surface area contributed by atoms with Crippen LogP contribution in [0.25, 0.3) is 0 Å². The van der Waals surface area contributed by atoms with Gasteiger partial charge in [0.05, 0.1) is 17.5 Å². The van der Waals surface area contributed by atoms with Crippen LogP contribution in [0.15, 0.2) is 60.7 Å². The number of rotatable bonds is 7. The summed E-state index contributed by atoms with van der Waals surface area (Å²) in [6.45, 7) is 0.0366. The Kier molecular flexibility index (Phi) is 4.80. The molecule has 0 radical (unpaired) electrons. The zero-order chi connectivity index (χ0) is 23.4. The largest absolute Gasteiger partial charge is 0.485 e. The molecule has 1 aliphatic heterocycles. The summed E-state index contributed by atoms with van der Waals surface area (Å²) in [6, 6.07) is 13.5. The number of Topliss-reactive ketones (excluding diaryl/α,β-unsaturated/α-hetero) is 1. The van der Waals surface area contributed by atoms with Gasteiger partial charge < -0.3 is 9.47 Å². The minimum atomic E-state index is -0.219. The quantitative estimate of drug-likeness (QED) is 0.278. The molecule has 1 heterocycles. The summed E-state index contributed by atoms with van der Waals surface area (Å²) in [5.74, 6) is 4.25. The SMILES string of the molecule is C#CCOc1ccc(C(=O)COc2ccc(N3C(=O)[C@@H]4[C@@H]5C=C[C@@H]([C@H]6C[C@@H]56)[C@@H]4C3=O)cc2)cc1. The number of allylic oxidation sites excluding steroid dienone is 2. The predicted octanol–water partition coefficient (Wildman–Crippen LogP) is 3.52. The highest BCUT2D eigenvalue weighted by molar-refractivity contribution is 6.22. The average Bonchev–Trinajstić information content (AvgIpc) is 3.65. The van der Waals surface area contributed by atoms with Crippen LogP contribution in [-0.4, -0.2) is 30.8 Å². The molecule has 0 N–H and O–H groups in total. The van der Waals surface area contributed by atoms with Crippen LogP contribution in [0.5, 0.6) is 11.5 Å². The number of terminal acetylenes is 1. The van der Waals surface area contributed by atoms with E-state index in [2.05, 4.69) is 18.1 Å². The lowest BCUT2D eigenvalue weighted by molar-refractivity contribution is -0.124. The molecule has 3 fully saturated rings. The molecule has 6 heteroatoms. The van der Waals surface area contributed by atoms with Crippen LogP contribution >= 0.6 is 0 Å². The highest BCUT2D eigenvalue weighted by atomic mass is 16.5. The minimum Gasteiger partial charge on any atom is -0.485 e. The number of hydrogen-bond acceptors (Lipinski definition) is 5. The third-order valence-corrected chi connectivity index (χ3v) is 7.63. The second-order valence-electron chi connectivity index (χ2n) is 9.39. The van der Waals surface area contributed by atoms with Crippen LogP contribution in [0.1, 0.15) is 16.8 Å². The van der Waals surface area contributed by atoms with Gasteiger partial charge in [0.2, 0.25) is 11.8 Å². The van der Waals surface area contributed by atoms with Gasteiger partial charge in [-0.2, -0.15) is 0 Å². The van der Waals surface area contributed by atoms with Crippen molar-refractivity contribution in [3.63, 3.8) is 0 Å². The lowest BCUT2D eigenvalue weighted by Gasteiger charge is -2.37. The molecule has 1 saturated heterocycles. The average molecular weight is 453 g/mol. The van der Waals surface area contributed by atoms with Crippen molar-refractivity contribution in [2.75, 3.05) is 18.1 Å². The van der Waals surface area contributed by atoms with Crippen molar-refractivity contribution < 1.29 is 23.9 Å². The number of ketones is 1. The summed E-state index contributed by atoms with van der Waals surface area (Å²) in [5.41, 5.74) is 1.06. The maximum Gasteiger partial charge on any atom is 0.238 e. The molecule has 2 bridgehead atoms. The van der Waals surface area contributed by atoms with E-state index in [0.717, 1.165) is 6.42 Å². The summed E-state index contributed by atoms with van der Waals surface area (Å²) in [6.07, 6.45) is 10.6. The Balaban J connectivity index is 1.10. The lowest BCUT2D eigenvalue weighted by Crippen LogP contribution is -2.40. The van der Waals surface area contributed by atoms with E-state index in [-0.39, 0.29) is 54.5 Å². The Labute approximate surface area is 197 Å². The van der Waals surface area contributed by atoms with Gasteiger partial charge in [0, 0.05) is 5.56 Å². The number of hydrogen-bond donors (Lipinski definition) is 0. The van der Waals surface area contributed by atoms with Crippen LogP contribution in [0.3, 0.4) is 0 Å². The first kappa shape index (κ1) is 20.7. The van der Waals surface area contributed by atoms with Crippen molar-refractivity contribution in [1.29, 1.82) is 0 Å². The molecule has 6 nitrogen and oxygen atoms in total. The molecular weight excluding hydrogens is 430 g/mol. The summed E-state index contributed by atoms with van der Waals surface area (Å²) in [5, 5.41) is 0. The molecule has 0 aromatic heterocycles. The van der Waals surface area contributed by atoms with E-state index >= 15 is 0 Å². The molecule has 2 amide bonds. The van der Waals surface area contributed by atoms with Crippen molar-refractivity contribution in [2.24, 2.45) is 35.5 Å². The molecular formula is C28H23NO5. The first-order valence-corrected chi connectivity index (χ1v) is 11.6. The predicted molar refractivity (Wildman–Crippen MR) is 124 cm³/mol. The fraction of sp³-hybridized carbons (Fsp3) is 0.321. The van der Waals surface area contributed by atoms with Gasteiger partial charge in [0.15, 0.2) is 12.4 Å². The number of amides is 2. The van der Waals surface area contributed by atoms with Crippen LogP contribution in [-0.2, 0) is 9.59 Å². The Bertz CT molecular complexity index is 1200. The molecule has 34 heavy (non-hydrogen) atoms. The molecule has 7 rings (SSSR count). The zero-order valence-electron chi connectivity index (χ0n) is 18.4. The van der Waals surface area contributed by atoms with E-state index in [1.165, 1.54) is 4.90 Å². The first-order chi connectivity index (χ1) is 16.6. The topological polar surface area (TPSA) is 72.9 Å². The number of carbonyl (C=O) groups is 3. The highest BCUT2D eigenvalue weighted by Gasteiger charge is 2.67. The van der Waals surface area contributed by atoms with Crippen LogP contribution < -0.4 is 14.4 Å². The third kappa shape index (κ3) is 3.23.